The van der Waals surface area contributed by atoms with Crippen molar-refractivity contribution < 1.29 is 4.74 Å². The van der Waals surface area contributed by atoms with E-state index in [2.05, 4.69) is 36.6 Å². The fraction of sp³-hybridized carbons (Fsp3) is 0.526. The SMILES string of the molecule is CNc1cc(C)nc(Nc2cnc(OC)c(CCCCN3CCC3)c2)n1. The molecule has 2 aromatic heterocycles. The number of pyridine rings is 1. The molecule has 1 saturated heterocycles. The smallest absolute Gasteiger partial charge is 0.229 e. The molecule has 26 heavy (non-hydrogen) atoms. The van der Waals surface area contributed by atoms with Crippen LogP contribution in [0.4, 0.5) is 17.5 Å². The Bertz CT molecular complexity index is 732. The zero-order valence-electron chi connectivity index (χ0n) is 15.9. The second-order valence-corrected chi connectivity index (χ2v) is 6.64. The van der Waals surface area contributed by atoms with Crippen molar-refractivity contribution in [2.24, 2.45) is 0 Å². The Morgan fingerprint density at radius 2 is 2.04 bits per heavy atom. The van der Waals surface area contributed by atoms with Gasteiger partial charge in [-0.2, -0.15) is 4.98 Å². The number of unbranched alkanes of at least 4 members (excludes halogenated alkanes) is 1. The summed E-state index contributed by atoms with van der Waals surface area (Å²) in [5.74, 6) is 2.04. The summed E-state index contributed by atoms with van der Waals surface area (Å²) in [7, 11) is 3.51. The molecule has 0 amide bonds. The highest BCUT2D eigenvalue weighted by Crippen LogP contribution is 2.23. The number of rotatable bonds is 9. The van der Waals surface area contributed by atoms with Crippen molar-refractivity contribution in [1.82, 2.24) is 19.9 Å². The Balaban J connectivity index is 1.64. The van der Waals surface area contributed by atoms with E-state index in [4.69, 9.17) is 4.74 Å². The van der Waals surface area contributed by atoms with Crippen molar-refractivity contribution in [1.29, 1.82) is 0 Å². The third-order valence-corrected chi connectivity index (χ3v) is 4.60. The second kappa shape index (κ2) is 8.80. The van der Waals surface area contributed by atoms with E-state index in [-0.39, 0.29) is 0 Å². The number of nitrogens with one attached hydrogen (secondary N) is 2. The lowest BCUT2D eigenvalue weighted by Crippen LogP contribution is -2.37. The van der Waals surface area contributed by atoms with Gasteiger partial charge in [0.2, 0.25) is 11.8 Å². The van der Waals surface area contributed by atoms with Gasteiger partial charge in [0, 0.05) is 24.4 Å². The van der Waals surface area contributed by atoms with Gasteiger partial charge in [0.15, 0.2) is 0 Å². The van der Waals surface area contributed by atoms with Gasteiger partial charge in [-0.3, -0.25) is 0 Å². The van der Waals surface area contributed by atoms with E-state index in [9.17, 15) is 0 Å². The maximum atomic E-state index is 5.43. The largest absolute Gasteiger partial charge is 0.481 e. The normalized spacial score (nSPS) is 14.0. The monoisotopic (exact) mass is 356 g/mol. The van der Waals surface area contributed by atoms with Crippen LogP contribution in [0.5, 0.6) is 5.88 Å². The molecule has 0 aliphatic carbocycles. The predicted octanol–water partition coefficient (Wildman–Crippen LogP) is 3.00. The van der Waals surface area contributed by atoms with Crippen molar-refractivity contribution >= 4 is 17.5 Å². The summed E-state index contributed by atoms with van der Waals surface area (Å²) in [6.45, 7) is 5.66. The number of likely N-dealkylation sites (tertiary alicyclic amines) is 1. The molecule has 2 aromatic rings. The molecule has 0 saturated carbocycles. The van der Waals surface area contributed by atoms with Crippen LogP contribution in [-0.2, 0) is 6.42 Å². The lowest BCUT2D eigenvalue weighted by molar-refractivity contribution is 0.178. The molecule has 0 spiro atoms. The van der Waals surface area contributed by atoms with Crippen LogP contribution in [0, 0.1) is 6.92 Å². The molecule has 3 rings (SSSR count). The zero-order chi connectivity index (χ0) is 18.4. The van der Waals surface area contributed by atoms with E-state index >= 15 is 0 Å². The Hall–Kier alpha value is -2.41. The molecule has 1 aliphatic heterocycles. The molecular weight excluding hydrogens is 328 g/mol. The highest BCUT2D eigenvalue weighted by molar-refractivity contribution is 5.56. The predicted molar refractivity (Wildman–Crippen MR) is 104 cm³/mol. The molecular formula is C19H28N6O. The average Bonchev–Trinajstić information content (AvgIpc) is 2.59. The van der Waals surface area contributed by atoms with Crippen LogP contribution in [0.3, 0.4) is 0 Å². The van der Waals surface area contributed by atoms with E-state index in [1.807, 2.05) is 20.0 Å². The number of hydrogen-bond acceptors (Lipinski definition) is 7. The summed E-state index contributed by atoms with van der Waals surface area (Å²) in [6, 6.07) is 3.99. The number of anilines is 3. The van der Waals surface area contributed by atoms with Crippen molar-refractivity contribution in [3.8, 4) is 5.88 Å². The maximum absolute atomic E-state index is 5.43. The number of aryl methyl sites for hydroxylation is 2. The van der Waals surface area contributed by atoms with Gasteiger partial charge >= 0.3 is 0 Å². The molecule has 2 N–H and O–H groups in total. The summed E-state index contributed by atoms with van der Waals surface area (Å²) in [5.41, 5.74) is 2.89. The van der Waals surface area contributed by atoms with Gasteiger partial charge in [0.05, 0.1) is 19.0 Å². The Kier molecular flexibility index (Phi) is 6.22. The summed E-state index contributed by atoms with van der Waals surface area (Å²) in [5, 5.41) is 6.30. The number of hydrogen-bond donors (Lipinski definition) is 2. The van der Waals surface area contributed by atoms with Crippen LogP contribution >= 0.6 is 0 Å². The Morgan fingerprint density at radius 1 is 1.19 bits per heavy atom. The van der Waals surface area contributed by atoms with Gasteiger partial charge in [-0.15, -0.1) is 0 Å². The van der Waals surface area contributed by atoms with E-state index in [0.29, 0.717) is 11.8 Å². The van der Waals surface area contributed by atoms with Gasteiger partial charge in [-0.25, -0.2) is 9.97 Å². The summed E-state index contributed by atoms with van der Waals surface area (Å²) < 4.78 is 5.43. The molecule has 0 unspecified atom stereocenters. The van der Waals surface area contributed by atoms with Gasteiger partial charge < -0.3 is 20.3 Å². The molecule has 7 heteroatoms. The lowest BCUT2D eigenvalue weighted by atomic mass is 10.1. The summed E-state index contributed by atoms with van der Waals surface area (Å²) >= 11 is 0. The quantitative estimate of drug-likeness (QED) is 0.669. The van der Waals surface area contributed by atoms with Crippen LogP contribution in [0.25, 0.3) is 0 Å². The van der Waals surface area contributed by atoms with Crippen LogP contribution in [0.15, 0.2) is 18.3 Å². The first-order chi connectivity index (χ1) is 12.7. The third-order valence-electron chi connectivity index (χ3n) is 4.60. The Labute approximate surface area is 155 Å². The van der Waals surface area contributed by atoms with Gasteiger partial charge in [0.25, 0.3) is 0 Å². The highest BCUT2D eigenvalue weighted by atomic mass is 16.5. The summed E-state index contributed by atoms with van der Waals surface area (Å²) in [4.78, 5) is 15.8. The lowest BCUT2D eigenvalue weighted by Gasteiger charge is -2.30. The van der Waals surface area contributed by atoms with Crippen LogP contribution in [0.2, 0.25) is 0 Å². The van der Waals surface area contributed by atoms with E-state index in [0.717, 1.165) is 35.6 Å². The summed E-state index contributed by atoms with van der Waals surface area (Å²) in [6.07, 6.45) is 6.39. The maximum Gasteiger partial charge on any atom is 0.229 e. The molecule has 0 bridgehead atoms. The Morgan fingerprint density at radius 3 is 2.73 bits per heavy atom. The van der Waals surface area contributed by atoms with Crippen LogP contribution in [0.1, 0.15) is 30.5 Å². The van der Waals surface area contributed by atoms with Crippen molar-refractivity contribution in [3.05, 3.63) is 29.6 Å². The van der Waals surface area contributed by atoms with E-state index in [1.165, 1.54) is 32.5 Å². The molecule has 1 aliphatic rings. The van der Waals surface area contributed by atoms with Crippen molar-refractivity contribution in [2.45, 2.75) is 32.6 Å². The number of aromatic nitrogens is 3. The van der Waals surface area contributed by atoms with Crippen molar-refractivity contribution in [2.75, 3.05) is 44.4 Å². The molecule has 0 radical (unpaired) electrons. The fourth-order valence-corrected chi connectivity index (χ4v) is 3.07. The molecule has 0 aromatic carbocycles. The molecule has 140 valence electrons. The van der Waals surface area contributed by atoms with Crippen molar-refractivity contribution in [3.63, 3.8) is 0 Å². The van der Waals surface area contributed by atoms with Gasteiger partial charge in [-0.05, 0) is 58.3 Å². The van der Waals surface area contributed by atoms with E-state index < -0.39 is 0 Å². The minimum absolute atomic E-state index is 0.560. The number of methoxy groups -OCH3 is 1. The highest BCUT2D eigenvalue weighted by Gasteiger charge is 2.13. The first kappa shape index (κ1) is 18.4. The van der Waals surface area contributed by atoms with Gasteiger partial charge in [0.1, 0.15) is 5.82 Å². The molecule has 3 heterocycles. The van der Waals surface area contributed by atoms with E-state index in [1.54, 1.807) is 13.3 Å². The first-order valence-corrected chi connectivity index (χ1v) is 9.23. The molecule has 1 fully saturated rings. The van der Waals surface area contributed by atoms with Gasteiger partial charge in [-0.1, -0.05) is 0 Å². The van der Waals surface area contributed by atoms with Crippen LogP contribution in [-0.4, -0.2) is 53.6 Å². The van der Waals surface area contributed by atoms with Crippen LogP contribution < -0.4 is 15.4 Å². The zero-order valence-corrected chi connectivity index (χ0v) is 15.9. The fourth-order valence-electron chi connectivity index (χ4n) is 3.07. The number of nitrogens with zero attached hydrogens (tertiary/aromatic N) is 4. The minimum Gasteiger partial charge on any atom is -0.481 e. The average molecular weight is 356 g/mol. The third kappa shape index (κ3) is 4.82. The second-order valence-electron chi connectivity index (χ2n) is 6.64. The molecule has 7 nitrogen and oxygen atoms in total. The minimum atomic E-state index is 0.560. The number of ether oxygens (including phenoxy) is 1. The first-order valence-electron chi connectivity index (χ1n) is 9.23. The topological polar surface area (TPSA) is 75.2 Å². The molecule has 0 atom stereocenters. The standard InChI is InChI=1S/C19H28N6O/c1-14-11-17(20-2)24-19(22-14)23-16-12-15(18(26-3)21-13-16)7-4-5-8-25-9-6-10-25/h11-13H,4-10H2,1-3H3,(H2,20,22,23,24).